The smallest absolute Gasteiger partial charge is 0.136 e. The van der Waals surface area contributed by atoms with E-state index >= 15 is 0 Å². The molecular weight excluding hydrogens is 268 g/mol. The second-order valence-electron chi connectivity index (χ2n) is 8.74. The lowest BCUT2D eigenvalue weighted by Crippen LogP contribution is -2.60. The zero-order valence-electron chi connectivity index (χ0n) is 14.0. The molecule has 4 fully saturated rings. The Morgan fingerprint density at radius 1 is 1.09 bits per heavy atom. The van der Waals surface area contributed by atoms with E-state index in [1.807, 2.05) is 6.92 Å². The minimum atomic E-state index is -0.00950. The van der Waals surface area contributed by atoms with E-state index in [4.69, 9.17) is 0 Å². The Morgan fingerprint density at radius 2 is 1.86 bits per heavy atom. The molecule has 1 nitrogen and oxygen atoms in total. The maximum absolute atomic E-state index is 12.6. The van der Waals surface area contributed by atoms with E-state index in [-0.39, 0.29) is 10.8 Å². The fourth-order valence-corrected chi connectivity index (χ4v) is 6.95. The molecule has 0 aliphatic heterocycles. The van der Waals surface area contributed by atoms with Crippen LogP contribution in [-0.4, -0.2) is 5.78 Å². The summed E-state index contributed by atoms with van der Waals surface area (Å²) < 4.78 is 0. The summed E-state index contributed by atoms with van der Waals surface area (Å²) >= 11 is 0. The second kappa shape index (κ2) is 4.69. The molecule has 0 radical (unpaired) electrons. The molecule has 1 heteroatoms. The highest BCUT2D eigenvalue weighted by Crippen LogP contribution is 2.71. The zero-order valence-corrected chi connectivity index (χ0v) is 14.0. The van der Waals surface area contributed by atoms with Crippen LogP contribution in [0.25, 0.3) is 0 Å². The molecule has 0 saturated heterocycles. The molecule has 0 spiro atoms. The SMILES string of the molecule is CCC[C@@]12CC3CC(C(C)=O)(C1)C[C@](c1ccccc1)(C3)C2. The minimum Gasteiger partial charge on any atom is -0.299 e. The van der Waals surface area contributed by atoms with Gasteiger partial charge < -0.3 is 0 Å². The Kier molecular flexibility index (Phi) is 3.09. The molecule has 118 valence electrons. The molecule has 4 aliphatic rings. The molecule has 1 aromatic rings. The largest absolute Gasteiger partial charge is 0.299 e. The predicted molar refractivity (Wildman–Crippen MR) is 89.8 cm³/mol. The van der Waals surface area contributed by atoms with Crippen molar-refractivity contribution in [3.8, 4) is 0 Å². The van der Waals surface area contributed by atoms with E-state index in [2.05, 4.69) is 37.3 Å². The molecule has 4 aliphatic carbocycles. The van der Waals surface area contributed by atoms with E-state index in [1.54, 1.807) is 0 Å². The van der Waals surface area contributed by atoms with Crippen molar-refractivity contribution in [3.63, 3.8) is 0 Å². The van der Waals surface area contributed by atoms with Crippen LogP contribution >= 0.6 is 0 Å². The summed E-state index contributed by atoms with van der Waals surface area (Å²) in [4.78, 5) is 12.6. The first-order valence-electron chi connectivity index (χ1n) is 9.08. The van der Waals surface area contributed by atoms with Gasteiger partial charge in [-0.1, -0.05) is 43.7 Å². The number of carbonyl (C=O) groups is 1. The Labute approximate surface area is 134 Å². The Morgan fingerprint density at radius 3 is 2.55 bits per heavy atom. The number of hydrogen-bond acceptors (Lipinski definition) is 1. The minimum absolute atomic E-state index is 0.00950. The van der Waals surface area contributed by atoms with Gasteiger partial charge in [-0.25, -0.2) is 0 Å². The van der Waals surface area contributed by atoms with Crippen LogP contribution in [-0.2, 0) is 10.2 Å². The fraction of sp³-hybridized carbons (Fsp3) is 0.667. The van der Waals surface area contributed by atoms with Crippen molar-refractivity contribution in [2.45, 2.75) is 70.6 Å². The first-order chi connectivity index (χ1) is 10.5. The molecule has 0 amide bonds. The highest BCUT2D eigenvalue weighted by atomic mass is 16.1. The average molecular weight is 296 g/mol. The van der Waals surface area contributed by atoms with E-state index in [0.29, 0.717) is 11.2 Å². The summed E-state index contributed by atoms with van der Waals surface area (Å²) in [6, 6.07) is 11.1. The summed E-state index contributed by atoms with van der Waals surface area (Å²) in [6.07, 6.45) is 10.0. The van der Waals surface area contributed by atoms with E-state index in [1.165, 1.54) is 50.5 Å². The lowest BCUT2D eigenvalue weighted by molar-refractivity contribution is -0.159. The van der Waals surface area contributed by atoms with Crippen LogP contribution in [0, 0.1) is 16.7 Å². The van der Waals surface area contributed by atoms with Gasteiger partial charge in [0.2, 0.25) is 0 Å². The molecule has 0 heterocycles. The van der Waals surface area contributed by atoms with Crippen LogP contribution in [0.1, 0.15) is 70.8 Å². The van der Waals surface area contributed by atoms with Crippen molar-refractivity contribution in [2.24, 2.45) is 16.7 Å². The van der Waals surface area contributed by atoms with Crippen molar-refractivity contribution in [1.29, 1.82) is 0 Å². The standard InChI is InChI=1S/C21H28O/c1-3-9-19-10-17-11-20(13-19,16(2)22)15-21(12-17,14-19)18-7-5-4-6-8-18/h4-8,17H,3,9-15H2,1-2H3/t17?,19-,20?,21+/m1/s1. The van der Waals surface area contributed by atoms with E-state index in [9.17, 15) is 4.79 Å². The van der Waals surface area contributed by atoms with Crippen molar-refractivity contribution in [2.75, 3.05) is 0 Å². The molecule has 4 atom stereocenters. The molecule has 0 aromatic heterocycles. The topological polar surface area (TPSA) is 17.1 Å². The average Bonchev–Trinajstić information content (AvgIpc) is 2.46. The van der Waals surface area contributed by atoms with Gasteiger partial charge in [0.1, 0.15) is 5.78 Å². The van der Waals surface area contributed by atoms with Gasteiger partial charge in [0, 0.05) is 5.41 Å². The number of rotatable bonds is 4. The van der Waals surface area contributed by atoms with Gasteiger partial charge in [0.25, 0.3) is 0 Å². The molecule has 22 heavy (non-hydrogen) atoms. The number of hydrogen-bond donors (Lipinski definition) is 0. The third-order valence-corrected chi connectivity index (χ3v) is 7.10. The van der Waals surface area contributed by atoms with Crippen LogP contribution in [0.2, 0.25) is 0 Å². The van der Waals surface area contributed by atoms with Gasteiger partial charge in [0.15, 0.2) is 0 Å². The monoisotopic (exact) mass is 296 g/mol. The van der Waals surface area contributed by atoms with Crippen LogP contribution in [0.5, 0.6) is 0 Å². The lowest BCUT2D eigenvalue weighted by Gasteiger charge is -2.66. The summed E-state index contributed by atoms with van der Waals surface area (Å²) in [7, 11) is 0. The Bertz CT molecular complexity index is 591. The Balaban J connectivity index is 1.83. The number of carbonyl (C=O) groups excluding carboxylic acids is 1. The van der Waals surface area contributed by atoms with Gasteiger partial charge in [-0.3, -0.25) is 4.79 Å². The number of ketones is 1. The highest BCUT2D eigenvalue weighted by Gasteiger charge is 2.64. The fourth-order valence-electron chi connectivity index (χ4n) is 6.95. The summed E-state index contributed by atoms with van der Waals surface area (Å²) in [5.74, 6) is 1.24. The quantitative estimate of drug-likeness (QED) is 0.738. The third kappa shape index (κ3) is 1.94. The normalized spacial score (nSPS) is 42.5. The first kappa shape index (κ1) is 14.5. The number of benzene rings is 1. The molecule has 0 N–H and O–H groups in total. The van der Waals surface area contributed by atoms with Gasteiger partial charge in [-0.15, -0.1) is 0 Å². The van der Waals surface area contributed by atoms with Gasteiger partial charge in [-0.05, 0) is 74.2 Å². The van der Waals surface area contributed by atoms with Gasteiger partial charge in [0.05, 0.1) is 0 Å². The molecule has 2 unspecified atom stereocenters. The lowest BCUT2D eigenvalue weighted by atomic mass is 9.37. The molecule has 4 bridgehead atoms. The molecule has 1 aromatic carbocycles. The zero-order chi connectivity index (χ0) is 15.4. The highest BCUT2D eigenvalue weighted by molar-refractivity contribution is 5.83. The van der Waals surface area contributed by atoms with Crippen molar-refractivity contribution < 1.29 is 4.79 Å². The first-order valence-corrected chi connectivity index (χ1v) is 9.08. The summed E-state index contributed by atoms with van der Waals surface area (Å²) in [5, 5.41) is 0. The molecule has 4 saturated carbocycles. The van der Waals surface area contributed by atoms with E-state index in [0.717, 1.165) is 12.3 Å². The summed E-state index contributed by atoms with van der Waals surface area (Å²) in [6.45, 7) is 4.18. The second-order valence-corrected chi connectivity index (χ2v) is 8.74. The van der Waals surface area contributed by atoms with Crippen molar-refractivity contribution in [3.05, 3.63) is 35.9 Å². The van der Waals surface area contributed by atoms with Crippen LogP contribution < -0.4 is 0 Å². The number of Topliss-reactive ketones (excluding diaryl/α,β-unsaturated/α-hetero) is 1. The molecule has 5 rings (SSSR count). The maximum Gasteiger partial charge on any atom is 0.136 e. The third-order valence-electron chi connectivity index (χ3n) is 7.10. The van der Waals surface area contributed by atoms with Crippen LogP contribution in [0.3, 0.4) is 0 Å². The maximum atomic E-state index is 12.6. The molecular formula is C21H28O. The Hall–Kier alpha value is -1.11. The van der Waals surface area contributed by atoms with Crippen LogP contribution in [0.15, 0.2) is 30.3 Å². The van der Waals surface area contributed by atoms with Crippen molar-refractivity contribution in [1.82, 2.24) is 0 Å². The van der Waals surface area contributed by atoms with Crippen LogP contribution in [0.4, 0.5) is 0 Å². The van der Waals surface area contributed by atoms with Crippen molar-refractivity contribution >= 4 is 5.78 Å². The van der Waals surface area contributed by atoms with E-state index < -0.39 is 0 Å². The predicted octanol–water partition coefficient (Wildman–Crippen LogP) is 5.28. The van der Waals surface area contributed by atoms with Gasteiger partial charge in [-0.2, -0.15) is 0 Å². The van der Waals surface area contributed by atoms with Gasteiger partial charge >= 0.3 is 0 Å². The summed E-state index contributed by atoms with van der Waals surface area (Å²) in [5.41, 5.74) is 2.21.